The first kappa shape index (κ1) is 10.8. The summed E-state index contributed by atoms with van der Waals surface area (Å²) >= 11 is 0. The van der Waals surface area contributed by atoms with E-state index in [0.29, 0.717) is 17.0 Å². The average Bonchev–Trinajstić information content (AvgIpc) is 2.94. The van der Waals surface area contributed by atoms with E-state index in [9.17, 15) is 4.79 Å². The van der Waals surface area contributed by atoms with Crippen molar-refractivity contribution >= 4 is 28.6 Å². The summed E-state index contributed by atoms with van der Waals surface area (Å²) in [7, 11) is 0. The number of carbonyl (C=O) groups excluding carboxylic acids is 1. The maximum absolute atomic E-state index is 12.2. The van der Waals surface area contributed by atoms with Crippen LogP contribution in [0.1, 0.15) is 20.3 Å². The van der Waals surface area contributed by atoms with Crippen molar-refractivity contribution in [2.45, 2.75) is 20.3 Å². The van der Waals surface area contributed by atoms with Crippen LogP contribution in [0.15, 0.2) is 17.8 Å². The lowest BCUT2D eigenvalue weighted by Gasteiger charge is -2.12. The number of aromatic nitrogens is 4. The van der Waals surface area contributed by atoms with Crippen LogP contribution in [0.25, 0.3) is 11.2 Å². The van der Waals surface area contributed by atoms with Crippen LogP contribution in [0.2, 0.25) is 0 Å². The normalized spacial score (nSPS) is 19.7. The second kappa shape index (κ2) is 3.86. The molecule has 0 radical (unpaired) electrons. The van der Waals surface area contributed by atoms with Crippen LogP contribution in [-0.4, -0.2) is 31.6 Å². The Kier molecular flexibility index (Phi) is 2.32. The molecule has 1 amide bonds. The predicted molar refractivity (Wildman–Crippen MR) is 66.1 cm³/mol. The van der Waals surface area contributed by atoms with E-state index in [-0.39, 0.29) is 11.8 Å². The zero-order chi connectivity index (χ0) is 12.7. The molecule has 1 atom stereocenters. The maximum atomic E-state index is 12.2. The fourth-order valence-corrected chi connectivity index (χ4v) is 2.14. The van der Waals surface area contributed by atoms with Gasteiger partial charge in [0, 0.05) is 5.71 Å². The summed E-state index contributed by atoms with van der Waals surface area (Å²) in [6.07, 6.45) is 3.65. The molecule has 3 heterocycles. The number of nitrogens with one attached hydrogen (secondary N) is 1. The van der Waals surface area contributed by atoms with Crippen LogP contribution in [0.5, 0.6) is 0 Å². The molecule has 7 heteroatoms. The molecule has 3 rings (SSSR count). The number of hydrazone groups is 1. The predicted octanol–water partition coefficient (Wildman–Crippen LogP) is 1.10. The van der Waals surface area contributed by atoms with E-state index in [1.54, 1.807) is 0 Å². The third-order valence-electron chi connectivity index (χ3n) is 3.08. The lowest BCUT2D eigenvalue weighted by atomic mass is 10.0. The minimum Gasteiger partial charge on any atom is -0.340 e. The van der Waals surface area contributed by atoms with E-state index in [2.05, 4.69) is 25.0 Å². The number of hydrogen-bond donors (Lipinski definition) is 1. The molecular formula is C11H12N6O. The van der Waals surface area contributed by atoms with Crippen LogP contribution in [0.3, 0.4) is 0 Å². The van der Waals surface area contributed by atoms with Gasteiger partial charge < -0.3 is 4.98 Å². The van der Waals surface area contributed by atoms with Gasteiger partial charge in [-0.3, -0.25) is 4.79 Å². The van der Waals surface area contributed by atoms with Crippen molar-refractivity contribution < 1.29 is 4.79 Å². The zero-order valence-corrected chi connectivity index (χ0v) is 10.1. The topological polar surface area (TPSA) is 87.1 Å². The van der Waals surface area contributed by atoms with Gasteiger partial charge in [0.2, 0.25) is 0 Å². The molecule has 0 aromatic carbocycles. The van der Waals surface area contributed by atoms with Gasteiger partial charge in [-0.05, 0) is 13.3 Å². The molecule has 0 saturated heterocycles. The number of imidazole rings is 1. The monoisotopic (exact) mass is 244 g/mol. The highest BCUT2D eigenvalue weighted by molar-refractivity contribution is 6.15. The Labute approximate surface area is 103 Å². The van der Waals surface area contributed by atoms with Gasteiger partial charge in [0.15, 0.2) is 11.5 Å². The number of anilines is 1. The Morgan fingerprint density at radius 1 is 1.39 bits per heavy atom. The summed E-state index contributed by atoms with van der Waals surface area (Å²) < 4.78 is 0. The molecule has 18 heavy (non-hydrogen) atoms. The van der Waals surface area contributed by atoms with Gasteiger partial charge >= 0.3 is 0 Å². The van der Waals surface area contributed by atoms with Gasteiger partial charge in [-0.25, -0.2) is 15.0 Å². The summed E-state index contributed by atoms with van der Waals surface area (Å²) in [5.74, 6) is 0.250. The van der Waals surface area contributed by atoms with Gasteiger partial charge in [-0.2, -0.15) is 10.1 Å². The summed E-state index contributed by atoms with van der Waals surface area (Å²) in [6.45, 7) is 3.83. The van der Waals surface area contributed by atoms with Crippen molar-refractivity contribution in [3.63, 3.8) is 0 Å². The Balaban J connectivity index is 2.11. The number of H-pyrrole nitrogens is 1. The quantitative estimate of drug-likeness (QED) is 0.856. The van der Waals surface area contributed by atoms with Gasteiger partial charge in [0.1, 0.15) is 11.8 Å². The summed E-state index contributed by atoms with van der Waals surface area (Å²) in [5, 5.41) is 5.62. The van der Waals surface area contributed by atoms with E-state index in [4.69, 9.17) is 0 Å². The highest BCUT2D eigenvalue weighted by Crippen LogP contribution is 2.27. The van der Waals surface area contributed by atoms with Crippen molar-refractivity contribution in [1.82, 2.24) is 19.9 Å². The van der Waals surface area contributed by atoms with Gasteiger partial charge in [-0.1, -0.05) is 6.92 Å². The van der Waals surface area contributed by atoms with Gasteiger partial charge in [-0.15, -0.1) is 0 Å². The summed E-state index contributed by atoms with van der Waals surface area (Å²) in [6, 6.07) is 0. The smallest absolute Gasteiger partial charge is 0.257 e. The number of carbonyl (C=O) groups is 1. The van der Waals surface area contributed by atoms with E-state index in [0.717, 1.165) is 12.1 Å². The molecule has 1 N–H and O–H groups in total. The van der Waals surface area contributed by atoms with E-state index >= 15 is 0 Å². The van der Waals surface area contributed by atoms with Crippen LogP contribution < -0.4 is 5.01 Å². The second-order valence-electron chi connectivity index (χ2n) is 4.15. The number of amides is 1. The molecule has 0 saturated carbocycles. The SMILES string of the molecule is CCC1C(=O)N(c2ncnc3nc[nH]c23)N=C1C. The third kappa shape index (κ3) is 1.40. The van der Waals surface area contributed by atoms with E-state index in [1.807, 2.05) is 13.8 Å². The molecule has 0 fully saturated rings. The molecule has 0 bridgehead atoms. The molecule has 1 aliphatic heterocycles. The van der Waals surface area contributed by atoms with Crippen LogP contribution in [-0.2, 0) is 4.79 Å². The Morgan fingerprint density at radius 2 is 2.22 bits per heavy atom. The van der Waals surface area contributed by atoms with Crippen LogP contribution in [0.4, 0.5) is 5.82 Å². The first-order valence-electron chi connectivity index (χ1n) is 5.75. The minimum absolute atomic E-state index is 0.0513. The van der Waals surface area contributed by atoms with Crippen LogP contribution >= 0.6 is 0 Å². The van der Waals surface area contributed by atoms with Gasteiger partial charge in [0.05, 0.1) is 12.2 Å². The van der Waals surface area contributed by atoms with Gasteiger partial charge in [0.25, 0.3) is 5.91 Å². The molecule has 1 unspecified atom stereocenters. The van der Waals surface area contributed by atoms with E-state index in [1.165, 1.54) is 17.7 Å². The largest absolute Gasteiger partial charge is 0.340 e. The molecule has 0 spiro atoms. The molecule has 7 nitrogen and oxygen atoms in total. The molecule has 1 aliphatic rings. The Morgan fingerprint density at radius 3 is 2.94 bits per heavy atom. The van der Waals surface area contributed by atoms with Crippen LogP contribution in [0, 0.1) is 5.92 Å². The third-order valence-corrected chi connectivity index (χ3v) is 3.08. The minimum atomic E-state index is -0.155. The highest BCUT2D eigenvalue weighted by Gasteiger charge is 2.34. The van der Waals surface area contributed by atoms with Crippen molar-refractivity contribution in [3.05, 3.63) is 12.7 Å². The first-order valence-corrected chi connectivity index (χ1v) is 5.75. The number of aromatic amines is 1. The molecular weight excluding hydrogens is 232 g/mol. The Hall–Kier alpha value is -2.31. The van der Waals surface area contributed by atoms with Crippen molar-refractivity contribution in [3.8, 4) is 0 Å². The summed E-state index contributed by atoms with van der Waals surface area (Å²) in [4.78, 5) is 27.4. The standard InChI is InChI=1S/C11H12N6O/c1-3-7-6(2)16-17(11(7)18)10-8-9(13-4-12-8)14-5-15-10/h4-5,7H,3H2,1-2H3,(H,12,13,14,15). The molecule has 2 aromatic heterocycles. The van der Waals surface area contributed by atoms with E-state index < -0.39 is 0 Å². The lowest BCUT2D eigenvalue weighted by Crippen LogP contribution is -2.27. The molecule has 0 aliphatic carbocycles. The molecule has 92 valence electrons. The number of rotatable bonds is 2. The lowest BCUT2D eigenvalue weighted by molar-refractivity contribution is -0.119. The Bertz CT molecular complexity index is 646. The van der Waals surface area contributed by atoms with Crippen molar-refractivity contribution in [2.75, 3.05) is 5.01 Å². The number of hydrogen-bond acceptors (Lipinski definition) is 5. The fraction of sp³-hybridized carbons (Fsp3) is 0.364. The maximum Gasteiger partial charge on any atom is 0.257 e. The summed E-state index contributed by atoms with van der Waals surface area (Å²) in [5.41, 5.74) is 1.97. The number of nitrogens with zero attached hydrogens (tertiary/aromatic N) is 5. The second-order valence-corrected chi connectivity index (χ2v) is 4.15. The number of fused-ring (bicyclic) bond motifs is 1. The zero-order valence-electron chi connectivity index (χ0n) is 10.1. The average molecular weight is 244 g/mol. The highest BCUT2D eigenvalue weighted by atomic mass is 16.2. The molecule has 2 aromatic rings. The van der Waals surface area contributed by atoms with Crippen molar-refractivity contribution in [1.29, 1.82) is 0 Å². The first-order chi connectivity index (χ1) is 8.72. The van der Waals surface area contributed by atoms with Crippen molar-refractivity contribution in [2.24, 2.45) is 11.0 Å². The fourth-order valence-electron chi connectivity index (χ4n) is 2.14.